The zero-order valence-electron chi connectivity index (χ0n) is 15.5. The summed E-state index contributed by atoms with van der Waals surface area (Å²) in [6.45, 7) is 4.39. The number of benzene rings is 2. The molecule has 0 radical (unpaired) electrons. The topological polar surface area (TPSA) is 63.2 Å². The number of hydrogen-bond acceptors (Lipinski definition) is 4. The van der Waals surface area contributed by atoms with E-state index < -0.39 is 0 Å². The molecule has 0 saturated carbocycles. The Hall–Kier alpha value is -3.34. The minimum atomic E-state index is -0.121. The van der Waals surface area contributed by atoms with Crippen molar-refractivity contribution in [3.63, 3.8) is 0 Å². The van der Waals surface area contributed by atoms with E-state index in [9.17, 15) is 4.79 Å². The van der Waals surface area contributed by atoms with Crippen LogP contribution in [-0.2, 0) is 6.61 Å². The highest BCUT2D eigenvalue weighted by molar-refractivity contribution is 5.94. The first-order chi connectivity index (χ1) is 13.1. The van der Waals surface area contributed by atoms with Crippen molar-refractivity contribution in [1.29, 1.82) is 0 Å². The summed E-state index contributed by atoms with van der Waals surface area (Å²) in [6.07, 6.45) is 1.57. The second-order valence-corrected chi connectivity index (χ2v) is 6.48. The largest absolute Gasteiger partial charge is 0.489 e. The van der Waals surface area contributed by atoms with Gasteiger partial charge in [0.1, 0.15) is 18.2 Å². The number of nitrogens with zero attached hydrogens (tertiary/aromatic N) is 1. The lowest BCUT2D eigenvalue weighted by molar-refractivity contribution is 0.0943. The summed E-state index contributed by atoms with van der Waals surface area (Å²) in [5.41, 5.74) is 2.57. The van der Waals surface area contributed by atoms with Crippen LogP contribution in [0.1, 0.15) is 29.8 Å². The van der Waals surface area contributed by atoms with Crippen molar-refractivity contribution in [3.05, 3.63) is 84.1 Å². The van der Waals surface area contributed by atoms with Crippen molar-refractivity contribution in [3.8, 4) is 5.75 Å². The number of rotatable bonds is 7. The third-order valence-electron chi connectivity index (χ3n) is 3.82. The molecule has 3 aromatic rings. The number of nitrogens with one attached hydrogen (secondary N) is 2. The Balaban J connectivity index is 1.55. The third kappa shape index (κ3) is 5.57. The number of hydrogen-bond donors (Lipinski definition) is 2. The Bertz CT molecular complexity index is 860. The average Bonchev–Trinajstić information content (AvgIpc) is 2.68. The summed E-state index contributed by atoms with van der Waals surface area (Å²) in [4.78, 5) is 16.2. The fourth-order valence-electron chi connectivity index (χ4n) is 2.47. The van der Waals surface area contributed by atoms with Crippen molar-refractivity contribution < 1.29 is 9.53 Å². The highest BCUT2D eigenvalue weighted by Gasteiger charge is 2.07. The van der Waals surface area contributed by atoms with Gasteiger partial charge in [-0.3, -0.25) is 4.79 Å². The minimum absolute atomic E-state index is 0.0953. The van der Waals surface area contributed by atoms with E-state index in [0.29, 0.717) is 18.0 Å². The van der Waals surface area contributed by atoms with Gasteiger partial charge in [0.15, 0.2) is 0 Å². The predicted octanol–water partition coefficient (Wildman–Crippen LogP) is 4.54. The maximum atomic E-state index is 11.9. The normalized spacial score (nSPS) is 10.5. The number of aromatic nitrogens is 1. The van der Waals surface area contributed by atoms with E-state index in [-0.39, 0.29) is 11.9 Å². The third-order valence-corrected chi connectivity index (χ3v) is 3.82. The average molecular weight is 361 g/mol. The van der Waals surface area contributed by atoms with Crippen LogP contribution >= 0.6 is 0 Å². The highest BCUT2D eigenvalue weighted by Crippen LogP contribution is 2.20. The molecule has 0 aliphatic heterocycles. The molecule has 0 bridgehead atoms. The molecule has 5 heteroatoms. The lowest BCUT2D eigenvalue weighted by Crippen LogP contribution is -2.30. The Kier molecular flexibility index (Phi) is 6.05. The molecule has 0 aliphatic carbocycles. The highest BCUT2D eigenvalue weighted by atomic mass is 16.5. The van der Waals surface area contributed by atoms with E-state index in [4.69, 9.17) is 4.74 Å². The van der Waals surface area contributed by atoms with Crippen molar-refractivity contribution in [2.45, 2.75) is 26.5 Å². The van der Waals surface area contributed by atoms with Crippen LogP contribution in [-0.4, -0.2) is 16.9 Å². The van der Waals surface area contributed by atoms with Crippen LogP contribution in [0.25, 0.3) is 0 Å². The van der Waals surface area contributed by atoms with Gasteiger partial charge in [-0.2, -0.15) is 0 Å². The Morgan fingerprint density at radius 1 is 1.00 bits per heavy atom. The fraction of sp³-hybridized carbons (Fsp3) is 0.182. The lowest BCUT2D eigenvalue weighted by Gasteiger charge is -2.10. The maximum Gasteiger partial charge on any atom is 0.253 e. The van der Waals surface area contributed by atoms with Crippen LogP contribution in [0.15, 0.2) is 72.9 Å². The number of carbonyl (C=O) groups excluding carboxylic acids is 1. The Morgan fingerprint density at radius 2 is 1.74 bits per heavy atom. The first-order valence-electron chi connectivity index (χ1n) is 8.91. The summed E-state index contributed by atoms with van der Waals surface area (Å²) in [6, 6.07) is 21.4. The van der Waals surface area contributed by atoms with E-state index in [1.807, 2.05) is 68.4 Å². The summed E-state index contributed by atoms with van der Waals surface area (Å²) in [5.74, 6) is 1.36. The van der Waals surface area contributed by atoms with Crippen LogP contribution in [0.2, 0.25) is 0 Å². The Morgan fingerprint density at radius 3 is 2.37 bits per heavy atom. The monoisotopic (exact) mass is 361 g/mol. The van der Waals surface area contributed by atoms with Gasteiger partial charge in [0, 0.05) is 17.9 Å². The molecule has 0 unspecified atom stereocenters. The first-order valence-corrected chi connectivity index (χ1v) is 8.91. The van der Waals surface area contributed by atoms with Gasteiger partial charge in [0.25, 0.3) is 5.91 Å². The minimum Gasteiger partial charge on any atom is -0.489 e. The zero-order chi connectivity index (χ0) is 19.1. The molecular formula is C22H23N3O2. The van der Waals surface area contributed by atoms with E-state index >= 15 is 0 Å². The number of amides is 1. The molecule has 27 heavy (non-hydrogen) atoms. The number of pyridine rings is 1. The van der Waals surface area contributed by atoms with Gasteiger partial charge in [-0.25, -0.2) is 4.98 Å². The van der Waals surface area contributed by atoms with Crippen molar-refractivity contribution >= 4 is 17.4 Å². The van der Waals surface area contributed by atoms with Gasteiger partial charge in [-0.15, -0.1) is 0 Å². The van der Waals surface area contributed by atoms with Gasteiger partial charge >= 0.3 is 0 Å². The molecule has 5 nitrogen and oxygen atoms in total. The molecule has 0 aliphatic rings. The molecule has 0 spiro atoms. The van der Waals surface area contributed by atoms with Crippen molar-refractivity contribution in [2.75, 3.05) is 5.32 Å². The lowest BCUT2D eigenvalue weighted by atomic mass is 10.2. The quantitative estimate of drug-likeness (QED) is 0.648. The standard InChI is InChI=1S/C22H23N3O2/c1-16(2)24-22(26)18-8-13-21(23-14-18)25-19-9-11-20(12-10-19)27-15-17-6-4-3-5-7-17/h3-14,16H,15H2,1-2H3,(H,23,25)(H,24,26). The second kappa shape index (κ2) is 8.85. The van der Waals surface area contributed by atoms with Crippen LogP contribution < -0.4 is 15.4 Å². The molecule has 1 aromatic heterocycles. The fourth-order valence-corrected chi connectivity index (χ4v) is 2.47. The van der Waals surface area contributed by atoms with Crippen LogP contribution in [0, 0.1) is 0 Å². The molecule has 0 fully saturated rings. The van der Waals surface area contributed by atoms with E-state index in [2.05, 4.69) is 15.6 Å². The van der Waals surface area contributed by atoms with Gasteiger partial charge in [0.2, 0.25) is 0 Å². The Labute approximate surface area is 159 Å². The van der Waals surface area contributed by atoms with Gasteiger partial charge < -0.3 is 15.4 Å². The summed E-state index contributed by atoms with van der Waals surface area (Å²) in [5, 5.41) is 6.06. The molecule has 0 atom stereocenters. The van der Waals surface area contributed by atoms with Crippen molar-refractivity contribution in [1.82, 2.24) is 10.3 Å². The SMILES string of the molecule is CC(C)NC(=O)c1ccc(Nc2ccc(OCc3ccccc3)cc2)nc1. The molecule has 2 N–H and O–H groups in total. The maximum absolute atomic E-state index is 11.9. The molecule has 0 saturated heterocycles. The number of carbonyl (C=O) groups is 1. The van der Waals surface area contributed by atoms with Crippen LogP contribution in [0.5, 0.6) is 5.75 Å². The second-order valence-electron chi connectivity index (χ2n) is 6.48. The van der Waals surface area contributed by atoms with Crippen molar-refractivity contribution in [2.24, 2.45) is 0 Å². The van der Waals surface area contributed by atoms with E-state index in [1.165, 1.54) is 0 Å². The summed E-state index contributed by atoms with van der Waals surface area (Å²) < 4.78 is 5.78. The van der Waals surface area contributed by atoms with E-state index in [1.54, 1.807) is 18.3 Å². The van der Waals surface area contributed by atoms with Gasteiger partial charge in [0.05, 0.1) is 5.56 Å². The van der Waals surface area contributed by atoms with Gasteiger partial charge in [-0.05, 0) is 55.8 Å². The molecule has 1 heterocycles. The molecular weight excluding hydrogens is 338 g/mol. The predicted molar refractivity (Wildman–Crippen MR) is 107 cm³/mol. The smallest absolute Gasteiger partial charge is 0.253 e. The molecule has 1 amide bonds. The first kappa shape index (κ1) is 18.5. The van der Waals surface area contributed by atoms with Gasteiger partial charge in [-0.1, -0.05) is 30.3 Å². The van der Waals surface area contributed by atoms with Crippen LogP contribution in [0.3, 0.4) is 0 Å². The summed E-state index contributed by atoms with van der Waals surface area (Å²) >= 11 is 0. The van der Waals surface area contributed by atoms with E-state index in [0.717, 1.165) is 17.0 Å². The van der Waals surface area contributed by atoms with Crippen LogP contribution in [0.4, 0.5) is 11.5 Å². The molecule has 2 aromatic carbocycles. The zero-order valence-corrected chi connectivity index (χ0v) is 15.5. The molecule has 3 rings (SSSR count). The number of ether oxygens (including phenoxy) is 1. The number of anilines is 2. The summed E-state index contributed by atoms with van der Waals surface area (Å²) in [7, 11) is 0. The molecule has 138 valence electrons.